The summed E-state index contributed by atoms with van der Waals surface area (Å²) in [6.07, 6.45) is -4.49. The first-order valence-electron chi connectivity index (χ1n) is 5.46. The number of hydrogen-bond donors (Lipinski definition) is 2. The van der Waals surface area contributed by atoms with Gasteiger partial charge in [0.15, 0.2) is 11.6 Å². The average Bonchev–Trinajstić information content (AvgIpc) is 2.35. The Morgan fingerprint density at radius 3 is 2.15 bits per heavy atom. The van der Waals surface area contributed by atoms with Crippen molar-refractivity contribution in [3.63, 3.8) is 0 Å². The van der Waals surface area contributed by atoms with Crippen LogP contribution in [-0.2, 0) is 6.18 Å². The summed E-state index contributed by atoms with van der Waals surface area (Å²) in [7, 11) is 0. The van der Waals surface area contributed by atoms with Gasteiger partial charge in [-0.2, -0.15) is 13.2 Å². The first-order chi connectivity index (χ1) is 9.27. The molecule has 0 aliphatic carbocycles. The zero-order chi connectivity index (χ0) is 14.9. The molecule has 2 rings (SSSR count). The second-order valence-corrected chi connectivity index (χ2v) is 4.05. The molecule has 0 aliphatic rings. The lowest BCUT2D eigenvalue weighted by atomic mass is 10.1. The predicted molar refractivity (Wildman–Crippen MR) is 65.5 cm³/mol. The van der Waals surface area contributed by atoms with Gasteiger partial charge in [0.25, 0.3) is 0 Å². The third-order valence-electron chi connectivity index (χ3n) is 2.58. The fourth-order valence-electron chi connectivity index (χ4n) is 1.58. The highest BCUT2D eigenvalue weighted by atomic mass is 19.4. The maximum Gasteiger partial charge on any atom is 0.416 e. The van der Waals surface area contributed by atoms with Crippen LogP contribution >= 0.6 is 0 Å². The van der Waals surface area contributed by atoms with E-state index in [0.717, 1.165) is 30.3 Å². The first kappa shape index (κ1) is 14.1. The van der Waals surface area contributed by atoms with Gasteiger partial charge in [0.1, 0.15) is 0 Å². The molecule has 0 saturated carbocycles. The van der Waals surface area contributed by atoms with Gasteiger partial charge < -0.3 is 11.1 Å². The quantitative estimate of drug-likeness (QED) is 0.638. The molecule has 0 aromatic heterocycles. The molecule has 0 atom stereocenters. The number of nitrogens with one attached hydrogen (secondary N) is 1. The normalized spacial score (nSPS) is 11.4. The van der Waals surface area contributed by atoms with Gasteiger partial charge in [-0.25, -0.2) is 8.78 Å². The fraction of sp³-hybridized carbons (Fsp3) is 0.0769. The number of alkyl halides is 3. The molecule has 0 saturated heterocycles. The van der Waals surface area contributed by atoms with Crippen molar-refractivity contribution in [3.8, 4) is 0 Å². The Morgan fingerprint density at radius 1 is 0.900 bits per heavy atom. The van der Waals surface area contributed by atoms with Crippen LogP contribution in [0.25, 0.3) is 0 Å². The van der Waals surface area contributed by atoms with Gasteiger partial charge in [-0.15, -0.1) is 0 Å². The second kappa shape index (κ2) is 4.99. The zero-order valence-corrected chi connectivity index (χ0v) is 9.93. The van der Waals surface area contributed by atoms with E-state index in [0.29, 0.717) is 0 Å². The van der Waals surface area contributed by atoms with Gasteiger partial charge in [0.05, 0.1) is 16.9 Å². The Balaban J connectivity index is 2.28. The van der Waals surface area contributed by atoms with Crippen molar-refractivity contribution >= 4 is 17.1 Å². The molecule has 106 valence electrons. The smallest absolute Gasteiger partial charge is 0.397 e. The Morgan fingerprint density at radius 2 is 1.60 bits per heavy atom. The molecule has 0 fully saturated rings. The number of nitrogen functional groups attached to an aromatic ring is 1. The van der Waals surface area contributed by atoms with Crippen LogP contribution in [0.1, 0.15) is 5.56 Å². The molecular formula is C13H9F5N2. The van der Waals surface area contributed by atoms with Crippen molar-refractivity contribution in [2.45, 2.75) is 6.18 Å². The number of halogens is 5. The largest absolute Gasteiger partial charge is 0.416 e. The summed E-state index contributed by atoms with van der Waals surface area (Å²) in [6, 6.07) is 5.76. The molecule has 2 aromatic rings. The summed E-state index contributed by atoms with van der Waals surface area (Å²) in [4.78, 5) is 0. The molecule has 0 bridgehead atoms. The molecule has 7 heteroatoms. The Bertz CT molecular complexity index is 637. The van der Waals surface area contributed by atoms with Gasteiger partial charge in [-0.1, -0.05) is 0 Å². The third kappa shape index (κ3) is 2.98. The standard InChI is InChI=1S/C13H9F5N2/c14-9-3-2-8(6-10(9)15)20-12-4-1-7(5-11(12)19)13(16,17)18/h1-6,20H,19H2. The maximum atomic E-state index is 13.0. The van der Waals surface area contributed by atoms with Crippen molar-refractivity contribution in [3.05, 3.63) is 53.6 Å². The molecule has 0 heterocycles. The van der Waals surface area contributed by atoms with Crippen LogP contribution < -0.4 is 11.1 Å². The number of benzene rings is 2. The van der Waals surface area contributed by atoms with Crippen LogP contribution in [0.5, 0.6) is 0 Å². The second-order valence-electron chi connectivity index (χ2n) is 4.05. The molecule has 2 nitrogen and oxygen atoms in total. The molecule has 3 N–H and O–H groups in total. The summed E-state index contributed by atoms with van der Waals surface area (Å²) in [5.74, 6) is -2.09. The van der Waals surface area contributed by atoms with Crippen LogP contribution in [0, 0.1) is 11.6 Å². The highest BCUT2D eigenvalue weighted by Gasteiger charge is 2.30. The predicted octanol–water partition coefficient (Wildman–Crippen LogP) is 4.31. The average molecular weight is 288 g/mol. The minimum Gasteiger partial charge on any atom is -0.397 e. The van der Waals surface area contributed by atoms with E-state index in [1.807, 2.05) is 0 Å². The van der Waals surface area contributed by atoms with Gasteiger partial charge in [0, 0.05) is 11.8 Å². The molecule has 2 aromatic carbocycles. The van der Waals surface area contributed by atoms with Crippen LogP contribution in [-0.4, -0.2) is 0 Å². The van der Waals surface area contributed by atoms with Crippen molar-refractivity contribution in [1.29, 1.82) is 0 Å². The summed E-state index contributed by atoms with van der Waals surface area (Å²) in [5.41, 5.74) is 4.82. The molecule has 0 amide bonds. The fourth-order valence-corrected chi connectivity index (χ4v) is 1.58. The van der Waals surface area contributed by atoms with Gasteiger partial charge in [-0.3, -0.25) is 0 Å². The lowest BCUT2D eigenvalue weighted by molar-refractivity contribution is -0.137. The molecule has 20 heavy (non-hydrogen) atoms. The van der Waals surface area contributed by atoms with Crippen LogP contribution in [0.3, 0.4) is 0 Å². The summed E-state index contributed by atoms with van der Waals surface area (Å²) in [5, 5.41) is 2.62. The molecule has 0 radical (unpaired) electrons. The minimum atomic E-state index is -4.49. The lowest BCUT2D eigenvalue weighted by Gasteiger charge is -2.12. The Labute approximate surface area is 111 Å². The van der Waals surface area contributed by atoms with Crippen molar-refractivity contribution in [1.82, 2.24) is 0 Å². The van der Waals surface area contributed by atoms with E-state index in [-0.39, 0.29) is 17.1 Å². The zero-order valence-electron chi connectivity index (χ0n) is 9.93. The number of rotatable bonds is 2. The van der Waals surface area contributed by atoms with E-state index in [9.17, 15) is 22.0 Å². The van der Waals surface area contributed by atoms with Gasteiger partial charge in [0.2, 0.25) is 0 Å². The van der Waals surface area contributed by atoms with Crippen molar-refractivity contribution < 1.29 is 22.0 Å². The minimum absolute atomic E-state index is 0.149. The van der Waals surface area contributed by atoms with Crippen LogP contribution in [0.2, 0.25) is 0 Å². The molecule has 0 aliphatic heterocycles. The summed E-state index contributed by atoms with van der Waals surface area (Å²) < 4.78 is 63.1. The maximum absolute atomic E-state index is 13.0. The van der Waals surface area contributed by atoms with Crippen LogP contribution in [0.4, 0.5) is 39.0 Å². The summed E-state index contributed by atoms with van der Waals surface area (Å²) in [6.45, 7) is 0. The topological polar surface area (TPSA) is 38.0 Å². The van der Waals surface area contributed by atoms with Crippen LogP contribution in [0.15, 0.2) is 36.4 Å². The van der Waals surface area contributed by atoms with E-state index in [1.54, 1.807) is 0 Å². The monoisotopic (exact) mass is 288 g/mol. The number of anilines is 3. The molecule has 0 unspecified atom stereocenters. The number of hydrogen-bond acceptors (Lipinski definition) is 2. The third-order valence-corrected chi connectivity index (χ3v) is 2.58. The van der Waals surface area contributed by atoms with Crippen molar-refractivity contribution in [2.75, 3.05) is 11.1 Å². The first-order valence-corrected chi connectivity index (χ1v) is 5.46. The van der Waals surface area contributed by atoms with Gasteiger partial charge >= 0.3 is 6.18 Å². The molecular weight excluding hydrogens is 279 g/mol. The van der Waals surface area contributed by atoms with E-state index in [4.69, 9.17) is 5.73 Å². The molecule has 0 spiro atoms. The Kier molecular flexibility index (Phi) is 3.52. The van der Waals surface area contributed by atoms with Gasteiger partial charge in [-0.05, 0) is 30.3 Å². The summed E-state index contributed by atoms with van der Waals surface area (Å²) >= 11 is 0. The van der Waals surface area contributed by atoms with E-state index in [2.05, 4.69) is 5.32 Å². The highest BCUT2D eigenvalue weighted by molar-refractivity contribution is 5.73. The SMILES string of the molecule is Nc1cc(C(F)(F)F)ccc1Nc1ccc(F)c(F)c1. The highest BCUT2D eigenvalue weighted by Crippen LogP contribution is 2.33. The Hall–Kier alpha value is -2.31. The number of nitrogens with two attached hydrogens (primary N) is 1. The van der Waals surface area contributed by atoms with E-state index in [1.165, 1.54) is 6.07 Å². The van der Waals surface area contributed by atoms with Crippen molar-refractivity contribution in [2.24, 2.45) is 0 Å². The van der Waals surface area contributed by atoms with E-state index < -0.39 is 23.4 Å². The lowest BCUT2D eigenvalue weighted by Crippen LogP contribution is -2.06. The van der Waals surface area contributed by atoms with E-state index >= 15 is 0 Å².